The van der Waals surface area contributed by atoms with Gasteiger partial charge in [0.1, 0.15) is 0 Å². The summed E-state index contributed by atoms with van der Waals surface area (Å²) in [4.78, 5) is 26.6. The van der Waals surface area contributed by atoms with Crippen LogP contribution in [-0.4, -0.2) is 36.3 Å². The first-order valence-corrected chi connectivity index (χ1v) is 10.9. The van der Waals surface area contributed by atoms with Crippen LogP contribution in [0.25, 0.3) is 0 Å². The van der Waals surface area contributed by atoms with Crippen LogP contribution in [0, 0.1) is 11.8 Å². The van der Waals surface area contributed by atoms with Crippen LogP contribution in [0.3, 0.4) is 0 Å². The Morgan fingerprint density at radius 3 is 2.64 bits per heavy atom. The van der Waals surface area contributed by atoms with Crippen LogP contribution in [0.1, 0.15) is 71.4 Å². The number of nitrogens with zero attached hydrogens (tertiary/aromatic N) is 1. The van der Waals surface area contributed by atoms with Gasteiger partial charge in [-0.3, -0.25) is 9.59 Å². The number of likely N-dealkylation sites (tertiary alicyclic amines) is 1. The molecule has 1 heterocycles. The van der Waals surface area contributed by atoms with E-state index in [4.69, 9.17) is 0 Å². The first-order chi connectivity index (χ1) is 13.2. The number of carbonyl (C=O) groups is 2. The third-order valence-corrected chi connectivity index (χ3v) is 6.82. The Bertz CT molecular complexity index is 736. The summed E-state index contributed by atoms with van der Waals surface area (Å²) in [6.07, 6.45) is 3.47. The molecule has 1 saturated carbocycles. The molecule has 2 fully saturated rings. The molecular weight excluding hydrogens is 348 g/mol. The number of amides is 2. The zero-order valence-corrected chi connectivity index (χ0v) is 18.2. The predicted octanol–water partition coefficient (Wildman–Crippen LogP) is 4.03. The maximum Gasteiger partial charge on any atom is 0.227 e. The van der Waals surface area contributed by atoms with Gasteiger partial charge in [-0.1, -0.05) is 58.9 Å². The van der Waals surface area contributed by atoms with Gasteiger partial charge >= 0.3 is 0 Å². The largest absolute Gasteiger partial charge is 0.355 e. The van der Waals surface area contributed by atoms with Crippen molar-refractivity contribution in [1.29, 1.82) is 0 Å². The second-order valence-electron chi connectivity index (χ2n) is 9.69. The molecule has 0 aromatic heterocycles. The molecule has 1 N–H and O–H groups in total. The highest BCUT2D eigenvalue weighted by Crippen LogP contribution is 2.59. The molecule has 1 aromatic rings. The predicted molar refractivity (Wildman–Crippen MR) is 113 cm³/mol. The molecule has 3 rings (SSSR count). The van der Waals surface area contributed by atoms with Gasteiger partial charge in [-0.25, -0.2) is 0 Å². The Morgan fingerprint density at radius 1 is 1.29 bits per heavy atom. The highest BCUT2D eigenvalue weighted by atomic mass is 16.2. The lowest BCUT2D eigenvalue weighted by atomic mass is 9.81. The Labute approximate surface area is 170 Å². The van der Waals surface area contributed by atoms with E-state index in [-0.39, 0.29) is 28.6 Å². The summed E-state index contributed by atoms with van der Waals surface area (Å²) >= 11 is 0. The number of piperidine rings is 1. The second kappa shape index (κ2) is 7.88. The molecule has 1 aromatic carbocycles. The number of hydrogen-bond donors (Lipinski definition) is 1. The molecule has 4 heteroatoms. The van der Waals surface area contributed by atoms with Gasteiger partial charge in [0.2, 0.25) is 11.8 Å². The number of rotatable bonds is 6. The van der Waals surface area contributed by atoms with Crippen molar-refractivity contribution in [3.8, 4) is 0 Å². The Morgan fingerprint density at radius 2 is 2.04 bits per heavy atom. The normalized spacial score (nSPS) is 25.0. The smallest absolute Gasteiger partial charge is 0.227 e. The third-order valence-electron chi connectivity index (χ3n) is 6.82. The van der Waals surface area contributed by atoms with Gasteiger partial charge in [0.05, 0.1) is 5.92 Å². The van der Waals surface area contributed by atoms with Gasteiger partial charge in [0.15, 0.2) is 0 Å². The van der Waals surface area contributed by atoms with E-state index in [2.05, 4.69) is 55.3 Å². The average Bonchev–Trinajstić information content (AvgIpc) is 3.42. The van der Waals surface area contributed by atoms with E-state index in [1.165, 1.54) is 17.5 Å². The van der Waals surface area contributed by atoms with E-state index in [1.807, 2.05) is 13.8 Å². The SMILES string of the molecule is CCC(=O)NCC(CC)C(=O)N1CCC2(c3cccc(C(C)(C)C)c3)CC2C1. The minimum absolute atomic E-state index is 0.0184. The fourth-order valence-electron chi connectivity index (χ4n) is 4.64. The zero-order valence-electron chi connectivity index (χ0n) is 18.2. The summed E-state index contributed by atoms with van der Waals surface area (Å²) in [6, 6.07) is 9.10. The molecule has 1 saturated heterocycles. The van der Waals surface area contributed by atoms with Crippen LogP contribution in [-0.2, 0) is 20.4 Å². The van der Waals surface area contributed by atoms with Crippen molar-refractivity contribution in [2.75, 3.05) is 19.6 Å². The molecule has 4 nitrogen and oxygen atoms in total. The number of benzene rings is 1. The molecule has 0 spiro atoms. The summed E-state index contributed by atoms with van der Waals surface area (Å²) in [5.41, 5.74) is 3.28. The van der Waals surface area contributed by atoms with Crippen LogP contribution >= 0.6 is 0 Å². The summed E-state index contributed by atoms with van der Waals surface area (Å²) < 4.78 is 0. The number of nitrogens with one attached hydrogen (secondary N) is 1. The summed E-state index contributed by atoms with van der Waals surface area (Å²) in [5, 5.41) is 2.89. The molecule has 2 amide bonds. The molecule has 154 valence electrons. The lowest BCUT2D eigenvalue weighted by Gasteiger charge is -2.34. The molecule has 2 aliphatic rings. The summed E-state index contributed by atoms with van der Waals surface area (Å²) in [7, 11) is 0. The van der Waals surface area contributed by atoms with E-state index in [9.17, 15) is 9.59 Å². The molecule has 28 heavy (non-hydrogen) atoms. The first kappa shape index (κ1) is 20.9. The zero-order chi connectivity index (χ0) is 20.5. The van der Waals surface area contributed by atoms with Gasteiger partial charge in [-0.15, -0.1) is 0 Å². The van der Waals surface area contributed by atoms with Gasteiger partial charge in [0.25, 0.3) is 0 Å². The van der Waals surface area contributed by atoms with Crippen molar-refractivity contribution in [3.63, 3.8) is 0 Å². The fraction of sp³-hybridized carbons (Fsp3) is 0.667. The summed E-state index contributed by atoms with van der Waals surface area (Å²) in [6.45, 7) is 12.8. The molecule has 1 aliphatic heterocycles. The van der Waals surface area contributed by atoms with Gasteiger partial charge in [0, 0.05) is 31.5 Å². The van der Waals surface area contributed by atoms with Crippen molar-refractivity contribution in [2.24, 2.45) is 11.8 Å². The van der Waals surface area contributed by atoms with Gasteiger partial charge in [-0.05, 0) is 41.7 Å². The van der Waals surface area contributed by atoms with Crippen LogP contribution in [0.2, 0.25) is 0 Å². The van der Waals surface area contributed by atoms with Crippen molar-refractivity contribution in [3.05, 3.63) is 35.4 Å². The Balaban J connectivity index is 1.64. The van der Waals surface area contributed by atoms with Crippen LogP contribution in [0.5, 0.6) is 0 Å². The summed E-state index contributed by atoms with van der Waals surface area (Å²) in [5.74, 6) is 0.696. The van der Waals surface area contributed by atoms with Crippen LogP contribution < -0.4 is 5.32 Å². The fourth-order valence-corrected chi connectivity index (χ4v) is 4.64. The van der Waals surface area contributed by atoms with E-state index in [0.29, 0.717) is 18.9 Å². The van der Waals surface area contributed by atoms with Gasteiger partial charge in [-0.2, -0.15) is 0 Å². The average molecular weight is 385 g/mol. The van der Waals surface area contributed by atoms with Crippen LogP contribution in [0.15, 0.2) is 24.3 Å². The molecule has 1 aliphatic carbocycles. The van der Waals surface area contributed by atoms with Crippen molar-refractivity contribution in [1.82, 2.24) is 10.2 Å². The molecule has 0 bridgehead atoms. The number of carbonyl (C=O) groups excluding carboxylic acids is 2. The topological polar surface area (TPSA) is 49.4 Å². The number of fused-ring (bicyclic) bond motifs is 1. The molecular formula is C24H36N2O2. The second-order valence-corrected chi connectivity index (χ2v) is 9.69. The van der Waals surface area contributed by atoms with E-state index in [0.717, 1.165) is 25.9 Å². The maximum absolute atomic E-state index is 13.0. The first-order valence-electron chi connectivity index (χ1n) is 10.9. The highest BCUT2D eigenvalue weighted by molar-refractivity contribution is 5.81. The lowest BCUT2D eigenvalue weighted by Crippen LogP contribution is -2.46. The molecule has 0 radical (unpaired) electrons. The minimum Gasteiger partial charge on any atom is -0.355 e. The van der Waals surface area contributed by atoms with Gasteiger partial charge < -0.3 is 10.2 Å². The molecule has 3 atom stereocenters. The Kier molecular flexibility index (Phi) is 5.88. The standard InChI is InChI=1S/C24H36N2O2/c1-6-17(15-25-21(27)7-2)22(28)26-12-11-24(14-20(24)16-26)19-10-8-9-18(13-19)23(3,4)5/h8-10,13,17,20H,6-7,11-12,14-16H2,1-5H3,(H,25,27). The van der Waals surface area contributed by atoms with E-state index in [1.54, 1.807) is 0 Å². The van der Waals surface area contributed by atoms with Crippen molar-refractivity contribution >= 4 is 11.8 Å². The highest BCUT2D eigenvalue weighted by Gasteiger charge is 2.58. The van der Waals surface area contributed by atoms with Crippen molar-refractivity contribution in [2.45, 2.75) is 71.1 Å². The van der Waals surface area contributed by atoms with Crippen molar-refractivity contribution < 1.29 is 9.59 Å². The Hall–Kier alpha value is -1.84. The third kappa shape index (κ3) is 4.11. The quantitative estimate of drug-likeness (QED) is 0.805. The molecule has 3 unspecified atom stereocenters. The van der Waals surface area contributed by atoms with Crippen LogP contribution in [0.4, 0.5) is 0 Å². The number of hydrogen-bond acceptors (Lipinski definition) is 2. The van der Waals surface area contributed by atoms with E-state index >= 15 is 0 Å². The maximum atomic E-state index is 13.0. The monoisotopic (exact) mass is 384 g/mol. The lowest BCUT2D eigenvalue weighted by molar-refractivity contribution is -0.137. The minimum atomic E-state index is -0.106. The van der Waals surface area contributed by atoms with E-state index < -0.39 is 0 Å².